The van der Waals surface area contributed by atoms with Crippen LogP contribution in [-0.2, 0) is 0 Å². The maximum atomic E-state index is 3.90. The lowest BCUT2D eigenvalue weighted by molar-refractivity contribution is 1.48. The van der Waals surface area contributed by atoms with Crippen molar-refractivity contribution in [3.05, 3.63) is 12.3 Å². The molecular weight excluding hydrogens is 111 g/mol. The van der Waals surface area contributed by atoms with Gasteiger partial charge >= 0.3 is 0 Å². The molecule has 0 aliphatic rings. The number of allylic oxidation sites excluding steroid dienone is 1. The minimum absolute atomic E-state index is 1.03. The molecule has 0 aliphatic carbocycles. The molecule has 0 atom stereocenters. The van der Waals surface area contributed by atoms with Gasteiger partial charge in [0.05, 0.1) is 0 Å². The van der Waals surface area contributed by atoms with E-state index in [1.165, 1.54) is 0 Å². The Morgan fingerprint density at radius 1 is 1.44 bits per heavy atom. The van der Waals surface area contributed by atoms with Crippen LogP contribution in [0.1, 0.15) is 0 Å². The van der Waals surface area contributed by atoms with E-state index in [2.05, 4.69) is 17.8 Å². The average Bonchev–Trinajstić information content (AvgIpc) is 1.89. The summed E-state index contributed by atoms with van der Waals surface area (Å²) in [6, 6.07) is 0. The van der Waals surface area contributed by atoms with Gasteiger partial charge in [0.1, 0.15) is 7.85 Å². The number of hydrogen-bond acceptors (Lipinski definition) is 2. The summed E-state index contributed by atoms with van der Waals surface area (Å²) < 4.78 is 0. The van der Waals surface area contributed by atoms with Gasteiger partial charge in [0.2, 0.25) is 0 Å². The van der Waals surface area contributed by atoms with Gasteiger partial charge in [0.25, 0.3) is 0 Å². The van der Waals surface area contributed by atoms with Crippen LogP contribution in [0.15, 0.2) is 22.3 Å². The van der Waals surface area contributed by atoms with Crippen molar-refractivity contribution in [2.45, 2.75) is 6.32 Å². The van der Waals surface area contributed by atoms with Gasteiger partial charge in [-0.1, -0.05) is 12.4 Å². The first-order valence-corrected chi connectivity index (χ1v) is 3.00. The molecule has 0 N–H and O–H groups in total. The Hall–Kier alpha value is -0.855. The summed E-state index contributed by atoms with van der Waals surface area (Å²) in [6.45, 7) is 0. The van der Waals surface area contributed by atoms with Crippen molar-refractivity contribution in [3.63, 3.8) is 0 Å². The fraction of sp³-hybridized carbons (Fsp3) is 0.333. The molecule has 0 aromatic carbocycles. The summed E-state index contributed by atoms with van der Waals surface area (Å²) in [5.74, 6) is 0. The van der Waals surface area contributed by atoms with Crippen molar-refractivity contribution in [1.29, 1.82) is 0 Å². The highest BCUT2D eigenvalue weighted by Gasteiger charge is 1.61. The second-order valence-electron chi connectivity index (χ2n) is 1.50. The first kappa shape index (κ1) is 8.14. The molecule has 0 radical (unpaired) electrons. The largest absolute Gasteiger partial charge is 0.295 e. The summed E-state index contributed by atoms with van der Waals surface area (Å²) in [7, 11) is 3.79. The third-order valence-corrected chi connectivity index (χ3v) is 0.729. The number of rotatable bonds is 3. The zero-order valence-electron chi connectivity index (χ0n) is 5.91. The molecule has 0 aliphatic heterocycles. The normalized spacial score (nSPS) is 12.6. The molecule has 9 heavy (non-hydrogen) atoms. The van der Waals surface area contributed by atoms with Crippen molar-refractivity contribution >= 4 is 20.3 Å². The van der Waals surface area contributed by atoms with E-state index in [1.54, 1.807) is 25.7 Å². The van der Waals surface area contributed by atoms with Crippen molar-refractivity contribution in [3.8, 4) is 0 Å². The van der Waals surface area contributed by atoms with E-state index in [0.29, 0.717) is 0 Å². The lowest BCUT2D eigenvalue weighted by atomic mass is 10.1. The minimum atomic E-state index is 1.03. The molecule has 0 amide bonds. The van der Waals surface area contributed by atoms with Crippen LogP contribution in [0.25, 0.3) is 0 Å². The fourth-order valence-electron chi connectivity index (χ4n) is 0.321. The van der Waals surface area contributed by atoms with Crippen molar-refractivity contribution in [2.24, 2.45) is 9.98 Å². The van der Waals surface area contributed by atoms with Crippen LogP contribution in [0.2, 0.25) is 6.32 Å². The Morgan fingerprint density at radius 2 is 2.22 bits per heavy atom. The molecule has 0 rings (SSSR count). The van der Waals surface area contributed by atoms with Crippen LogP contribution >= 0.6 is 0 Å². The van der Waals surface area contributed by atoms with Gasteiger partial charge in [-0.05, 0) is 0 Å². The highest BCUT2D eigenvalue weighted by atomic mass is 14.7. The van der Waals surface area contributed by atoms with Crippen molar-refractivity contribution in [1.82, 2.24) is 0 Å². The average molecular weight is 122 g/mol. The van der Waals surface area contributed by atoms with Crippen LogP contribution < -0.4 is 0 Å². The van der Waals surface area contributed by atoms with E-state index < -0.39 is 0 Å². The predicted molar refractivity (Wildman–Crippen MR) is 45.4 cm³/mol. The van der Waals surface area contributed by atoms with Gasteiger partial charge in [0.15, 0.2) is 0 Å². The van der Waals surface area contributed by atoms with Crippen LogP contribution in [0.4, 0.5) is 0 Å². The molecule has 2 nitrogen and oxygen atoms in total. The highest BCUT2D eigenvalue weighted by molar-refractivity contribution is 6.16. The third kappa shape index (κ3) is 7.14. The topological polar surface area (TPSA) is 24.7 Å². The zero-order valence-corrected chi connectivity index (χ0v) is 5.91. The minimum Gasteiger partial charge on any atom is -0.295 e. The van der Waals surface area contributed by atoms with E-state index in [1.807, 2.05) is 6.08 Å². The van der Waals surface area contributed by atoms with E-state index in [9.17, 15) is 0 Å². The van der Waals surface area contributed by atoms with Crippen molar-refractivity contribution in [2.75, 3.05) is 7.05 Å². The molecule has 0 spiro atoms. The lowest BCUT2D eigenvalue weighted by Crippen LogP contribution is -1.70. The maximum Gasteiger partial charge on any atom is 0.106 e. The molecule has 0 aromatic rings. The number of nitrogens with zero attached hydrogens (tertiary/aromatic N) is 2. The number of aliphatic imine (C=N–C) groups is 2. The quantitative estimate of drug-likeness (QED) is 0.380. The Labute approximate surface area is 56.8 Å². The van der Waals surface area contributed by atoms with Crippen LogP contribution in [0, 0.1) is 0 Å². The monoisotopic (exact) mass is 122 g/mol. The fourth-order valence-corrected chi connectivity index (χ4v) is 0.321. The van der Waals surface area contributed by atoms with Gasteiger partial charge in [-0.3, -0.25) is 9.98 Å². The second-order valence-corrected chi connectivity index (χ2v) is 1.50. The predicted octanol–water partition coefficient (Wildman–Crippen LogP) is 0.323. The summed E-state index contributed by atoms with van der Waals surface area (Å²) in [5.41, 5.74) is 0. The van der Waals surface area contributed by atoms with Crippen LogP contribution in [0.5, 0.6) is 0 Å². The molecule has 0 saturated carbocycles. The van der Waals surface area contributed by atoms with E-state index >= 15 is 0 Å². The smallest absolute Gasteiger partial charge is 0.106 e. The lowest BCUT2D eigenvalue weighted by Gasteiger charge is -1.72. The van der Waals surface area contributed by atoms with Gasteiger partial charge in [-0.2, -0.15) is 0 Å². The first-order chi connectivity index (χ1) is 4.41. The Balaban J connectivity index is 3.35. The standard InChI is InChI=1S/C6H11BN2/c1-8-5-6-9-4-2-3-7/h2,4-6H,3,7H2,1H3/b4-2-,8-5-,9-6-. The van der Waals surface area contributed by atoms with Gasteiger partial charge in [0, 0.05) is 25.7 Å². The molecule has 0 fully saturated rings. The van der Waals surface area contributed by atoms with Gasteiger partial charge in [-0.25, -0.2) is 0 Å². The Morgan fingerprint density at radius 3 is 2.78 bits per heavy atom. The molecular formula is C6H11BN2. The van der Waals surface area contributed by atoms with Crippen LogP contribution in [0.3, 0.4) is 0 Å². The van der Waals surface area contributed by atoms with E-state index in [4.69, 9.17) is 0 Å². The molecule has 0 saturated heterocycles. The third-order valence-electron chi connectivity index (χ3n) is 0.729. The van der Waals surface area contributed by atoms with Gasteiger partial charge < -0.3 is 0 Å². The summed E-state index contributed by atoms with van der Waals surface area (Å²) >= 11 is 0. The molecule has 0 heterocycles. The molecule has 0 aromatic heterocycles. The molecule has 0 unspecified atom stereocenters. The summed E-state index contributed by atoms with van der Waals surface area (Å²) in [4.78, 5) is 7.62. The summed E-state index contributed by atoms with van der Waals surface area (Å²) in [6.07, 6.45) is 8.09. The van der Waals surface area contributed by atoms with Crippen molar-refractivity contribution < 1.29 is 0 Å². The highest BCUT2D eigenvalue weighted by Crippen LogP contribution is 1.75. The van der Waals surface area contributed by atoms with E-state index in [-0.39, 0.29) is 0 Å². The Kier molecular flexibility index (Phi) is 6.47. The van der Waals surface area contributed by atoms with Gasteiger partial charge in [-0.15, -0.1) is 0 Å². The molecule has 0 bridgehead atoms. The number of hydrogen-bond donors (Lipinski definition) is 0. The maximum absolute atomic E-state index is 3.90. The van der Waals surface area contributed by atoms with Crippen LogP contribution in [-0.4, -0.2) is 27.3 Å². The van der Waals surface area contributed by atoms with E-state index in [0.717, 1.165) is 6.32 Å². The molecule has 48 valence electrons. The molecule has 3 heteroatoms. The second kappa shape index (κ2) is 7.14. The SMILES string of the molecule is BC\C=C/N=C\C=N/C. The Bertz CT molecular complexity index is 127. The summed E-state index contributed by atoms with van der Waals surface area (Å²) in [5, 5.41) is 0. The zero-order chi connectivity index (χ0) is 6.95. The first-order valence-electron chi connectivity index (χ1n) is 3.00.